The van der Waals surface area contributed by atoms with Crippen molar-refractivity contribution in [1.29, 1.82) is 5.26 Å². The molecule has 1 saturated heterocycles. The van der Waals surface area contributed by atoms with Crippen molar-refractivity contribution in [1.82, 2.24) is 9.80 Å². The highest BCUT2D eigenvalue weighted by atomic mass is 16.2. The number of amides is 1. The molecule has 1 fully saturated rings. The predicted molar refractivity (Wildman–Crippen MR) is 77.9 cm³/mol. The molecule has 1 aromatic rings. The summed E-state index contributed by atoms with van der Waals surface area (Å²) < 4.78 is 0. The van der Waals surface area contributed by atoms with E-state index in [9.17, 15) is 10.1 Å². The lowest BCUT2D eigenvalue weighted by atomic mass is 9.99. The molecule has 0 bridgehead atoms. The van der Waals surface area contributed by atoms with Gasteiger partial charge in [-0.25, -0.2) is 0 Å². The molecule has 4 nitrogen and oxygen atoms in total. The fourth-order valence-corrected chi connectivity index (χ4v) is 2.54. The van der Waals surface area contributed by atoms with Gasteiger partial charge in [0, 0.05) is 26.2 Å². The molecule has 20 heavy (non-hydrogen) atoms. The van der Waals surface area contributed by atoms with Crippen molar-refractivity contribution >= 4 is 5.91 Å². The van der Waals surface area contributed by atoms with E-state index in [1.807, 2.05) is 35.2 Å². The summed E-state index contributed by atoms with van der Waals surface area (Å²) in [6, 6.07) is 11.9. The summed E-state index contributed by atoms with van der Waals surface area (Å²) in [5.74, 6) is -0.585. The average molecular weight is 271 g/mol. The predicted octanol–water partition coefficient (Wildman–Crippen LogP) is 1.53. The van der Waals surface area contributed by atoms with E-state index in [0.717, 1.165) is 38.3 Å². The summed E-state index contributed by atoms with van der Waals surface area (Å²) in [5.41, 5.74) is 1.04. The first-order chi connectivity index (χ1) is 9.74. The molecule has 1 heterocycles. The number of hydrogen-bond donors (Lipinski definition) is 0. The largest absolute Gasteiger partial charge is 0.339 e. The van der Waals surface area contributed by atoms with Crippen molar-refractivity contribution < 1.29 is 4.79 Å². The van der Waals surface area contributed by atoms with Crippen molar-refractivity contribution in [3.05, 3.63) is 35.9 Å². The van der Waals surface area contributed by atoms with Crippen molar-refractivity contribution in [2.24, 2.45) is 5.92 Å². The third kappa shape index (κ3) is 3.58. The lowest BCUT2D eigenvalue weighted by Crippen LogP contribution is -2.50. The number of carbonyl (C=O) groups is 1. The minimum Gasteiger partial charge on any atom is -0.339 e. The van der Waals surface area contributed by atoms with Gasteiger partial charge in [0.05, 0.1) is 6.07 Å². The van der Waals surface area contributed by atoms with Gasteiger partial charge in [0.2, 0.25) is 5.91 Å². The molecular weight excluding hydrogens is 250 g/mol. The Hall–Kier alpha value is -1.86. The van der Waals surface area contributed by atoms with Crippen LogP contribution in [0.1, 0.15) is 12.5 Å². The van der Waals surface area contributed by atoms with Crippen LogP contribution in [0.4, 0.5) is 0 Å². The third-order valence-corrected chi connectivity index (χ3v) is 3.87. The Balaban J connectivity index is 1.95. The molecule has 106 valence electrons. The lowest BCUT2D eigenvalue weighted by Gasteiger charge is -2.34. The molecule has 1 aliphatic heterocycles. The molecule has 0 saturated carbocycles. The summed E-state index contributed by atoms with van der Waals surface area (Å²) in [5, 5.41) is 9.28. The zero-order valence-electron chi connectivity index (χ0n) is 12.0. The second-order valence-electron chi connectivity index (χ2n) is 5.13. The van der Waals surface area contributed by atoms with Gasteiger partial charge in [0.1, 0.15) is 5.92 Å². The van der Waals surface area contributed by atoms with Gasteiger partial charge >= 0.3 is 0 Å². The Labute approximate surface area is 120 Å². The maximum absolute atomic E-state index is 12.4. The van der Waals surface area contributed by atoms with Crippen molar-refractivity contribution in [2.45, 2.75) is 13.3 Å². The van der Waals surface area contributed by atoms with Crippen LogP contribution in [0.3, 0.4) is 0 Å². The molecule has 1 unspecified atom stereocenters. The quantitative estimate of drug-likeness (QED) is 0.834. The van der Waals surface area contributed by atoms with Crippen LogP contribution < -0.4 is 0 Å². The molecule has 1 aliphatic rings. The van der Waals surface area contributed by atoms with Crippen LogP contribution in [0.2, 0.25) is 0 Å². The fourth-order valence-electron chi connectivity index (χ4n) is 2.54. The van der Waals surface area contributed by atoms with E-state index >= 15 is 0 Å². The molecule has 0 spiro atoms. The first kappa shape index (κ1) is 14.5. The van der Waals surface area contributed by atoms with Crippen LogP contribution in [0, 0.1) is 17.2 Å². The van der Waals surface area contributed by atoms with Crippen molar-refractivity contribution in [3.8, 4) is 6.07 Å². The number of rotatable bonds is 4. The Kier molecular flexibility index (Phi) is 5.14. The number of hydrogen-bond acceptors (Lipinski definition) is 3. The zero-order valence-corrected chi connectivity index (χ0v) is 12.0. The maximum Gasteiger partial charge on any atom is 0.240 e. The summed E-state index contributed by atoms with van der Waals surface area (Å²) in [7, 11) is 0. The van der Waals surface area contributed by atoms with Crippen LogP contribution in [0.5, 0.6) is 0 Å². The Morgan fingerprint density at radius 3 is 2.45 bits per heavy atom. The van der Waals surface area contributed by atoms with Gasteiger partial charge < -0.3 is 9.80 Å². The molecular formula is C16H21N3O. The van der Waals surface area contributed by atoms with Gasteiger partial charge in [0.25, 0.3) is 0 Å². The standard InChI is InChI=1S/C16H21N3O/c1-2-18-8-10-19(11-9-18)16(20)15(13-17)12-14-6-4-3-5-7-14/h3-7,15H,2,8-12H2,1H3. The third-order valence-electron chi connectivity index (χ3n) is 3.87. The number of likely N-dealkylation sites (N-methyl/N-ethyl adjacent to an activating group) is 1. The Bertz CT molecular complexity index is 472. The topological polar surface area (TPSA) is 47.3 Å². The summed E-state index contributed by atoms with van der Waals surface area (Å²) in [4.78, 5) is 16.6. The first-order valence-corrected chi connectivity index (χ1v) is 7.19. The van der Waals surface area contributed by atoms with Crippen LogP contribution >= 0.6 is 0 Å². The van der Waals surface area contributed by atoms with E-state index in [4.69, 9.17) is 0 Å². The zero-order chi connectivity index (χ0) is 14.4. The molecule has 4 heteroatoms. The van der Waals surface area contributed by atoms with Gasteiger partial charge in [-0.3, -0.25) is 4.79 Å². The number of piperazine rings is 1. The summed E-state index contributed by atoms with van der Waals surface area (Å²) >= 11 is 0. The average Bonchev–Trinajstić information content (AvgIpc) is 2.53. The minimum atomic E-state index is -0.564. The normalized spacial score (nSPS) is 17.5. The molecule has 0 N–H and O–H groups in total. The van der Waals surface area contributed by atoms with E-state index in [1.54, 1.807) is 0 Å². The molecule has 1 atom stereocenters. The van der Waals surface area contributed by atoms with E-state index in [-0.39, 0.29) is 5.91 Å². The van der Waals surface area contributed by atoms with Gasteiger partial charge in [-0.1, -0.05) is 37.3 Å². The first-order valence-electron chi connectivity index (χ1n) is 7.19. The summed E-state index contributed by atoms with van der Waals surface area (Å²) in [6.45, 7) is 6.44. The second kappa shape index (κ2) is 7.06. The van der Waals surface area contributed by atoms with Gasteiger partial charge in [-0.05, 0) is 18.5 Å². The van der Waals surface area contributed by atoms with Crippen molar-refractivity contribution in [3.63, 3.8) is 0 Å². The van der Waals surface area contributed by atoms with Gasteiger partial charge in [-0.15, -0.1) is 0 Å². The van der Waals surface area contributed by atoms with E-state index < -0.39 is 5.92 Å². The number of carbonyl (C=O) groups excluding carboxylic acids is 1. The van der Waals surface area contributed by atoms with E-state index in [1.165, 1.54) is 0 Å². The highest BCUT2D eigenvalue weighted by Gasteiger charge is 2.27. The Morgan fingerprint density at radius 1 is 1.25 bits per heavy atom. The number of nitrogens with zero attached hydrogens (tertiary/aromatic N) is 3. The SMILES string of the molecule is CCN1CCN(C(=O)C(C#N)Cc2ccccc2)CC1. The fraction of sp³-hybridized carbons (Fsp3) is 0.500. The molecule has 0 radical (unpaired) electrons. The molecule has 1 amide bonds. The Morgan fingerprint density at radius 2 is 1.90 bits per heavy atom. The number of nitriles is 1. The van der Waals surface area contributed by atoms with E-state index in [2.05, 4.69) is 17.9 Å². The molecule has 0 aromatic heterocycles. The molecule has 1 aromatic carbocycles. The lowest BCUT2D eigenvalue weighted by molar-refractivity contribution is -0.135. The highest BCUT2D eigenvalue weighted by molar-refractivity contribution is 5.81. The minimum absolute atomic E-state index is 0.0212. The van der Waals surface area contributed by atoms with Crippen LogP contribution in [-0.4, -0.2) is 48.4 Å². The monoisotopic (exact) mass is 271 g/mol. The molecule has 2 rings (SSSR count). The smallest absolute Gasteiger partial charge is 0.240 e. The van der Waals surface area contributed by atoms with Crippen LogP contribution in [-0.2, 0) is 11.2 Å². The maximum atomic E-state index is 12.4. The summed E-state index contributed by atoms with van der Waals surface area (Å²) in [6.07, 6.45) is 0.504. The van der Waals surface area contributed by atoms with Crippen LogP contribution in [0.25, 0.3) is 0 Å². The molecule has 0 aliphatic carbocycles. The van der Waals surface area contributed by atoms with Crippen LogP contribution in [0.15, 0.2) is 30.3 Å². The second-order valence-corrected chi connectivity index (χ2v) is 5.13. The van der Waals surface area contributed by atoms with E-state index in [0.29, 0.717) is 6.42 Å². The van der Waals surface area contributed by atoms with Crippen molar-refractivity contribution in [2.75, 3.05) is 32.7 Å². The highest BCUT2D eigenvalue weighted by Crippen LogP contribution is 2.13. The van der Waals surface area contributed by atoms with Gasteiger partial charge in [-0.2, -0.15) is 5.26 Å². The van der Waals surface area contributed by atoms with Gasteiger partial charge in [0.15, 0.2) is 0 Å². The number of benzene rings is 1.